The lowest BCUT2D eigenvalue weighted by Gasteiger charge is -2.35. The molecule has 0 spiro atoms. The Bertz CT molecular complexity index is 421. The van der Waals surface area contributed by atoms with Crippen molar-refractivity contribution in [3.8, 4) is 0 Å². The van der Waals surface area contributed by atoms with Crippen LogP contribution in [0.3, 0.4) is 0 Å². The molecule has 6 nitrogen and oxygen atoms in total. The Morgan fingerprint density at radius 2 is 2.25 bits per heavy atom. The summed E-state index contributed by atoms with van der Waals surface area (Å²) in [7, 11) is 0. The zero-order valence-electron chi connectivity index (χ0n) is 9.04. The maximum atomic E-state index is 11.4. The van der Waals surface area contributed by atoms with Crippen LogP contribution in [0.15, 0.2) is 24.5 Å². The van der Waals surface area contributed by atoms with Crippen LogP contribution in [0.1, 0.15) is 19.4 Å². The van der Waals surface area contributed by atoms with E-state index in [9.17, 15) is 9.90 Å². The molecule has 1 aliphatic heterocycles. The summed E-state index contributed by atoms with van der Waals surface area (Å²) in [5.41, 5.74) is -2.26. The third-order valence-electron chi connectivity index (χ3n) is 3.07. The second kappa shape index (κ2) is 3.16. The van der Waals surface area contributed by atoms with Crippen LogP contribution in [0.4, 0.5) is 4.79 Å². The van der Waals surface area contributed by atoms with Gasteiger partial charge in [-0.15, -0.1) is 0 Å². The van der Waals surface area contributed by atoms with Crippen LogP contribution in [0.25, 0.3) is 0 Å². The predicted octanol–water partition coefficient (Wildman–Crippen LogP) is 0.331. The molecule has 1 fully saturated rings. The van der Waals surface area contributed by atoms with Crippen LogP contribution in [0, 0.1) is 0 Å². The Morgan fingerprint density at radius 3 is 2.69 bits per heavy atom. The van der Waals surface area contributed by atoms with Crippen molar-refractivity contribution in [3.63, 3.8) is 0 Å². The zero-order chi connectivity index (χ0) is 12.0. The quantitative estimate of drug-likeness (QED) is 0.529. The highest BCUT2D eigenvalue weighted by molar-refractivity contribution is 5.71. The van der Waals surface area contributed by atoms with Crippen molar-refractivity contribution >= 4 is 6.09 Å². The molecule has 1 aliphatic rings. The normalized spacial score (nSPS) is 34.0. The van der Waals surface area contributed by atoms with Gasteiger partial charge in [0.05, 0.1) is 0 Å². The van der Waals surface area contributed by atoms with Crippen molar-refractivity contribution in [2.45, 2.75) is 25.2 Å². The van der Waals surface area contributed by atoms with Crippen LogP contribution in [0.5, 0.6) is 0 Å². The standard InChI is InChI=1S/C10H13N3O3/c1-9(7-4-3-5-12-6-7)10(2,15)13(11)8(14)16-9/h3-6,15H,11H2,1-2H3/t9-,10-/m1/s1. The number of cyclic esters (lactones) is 1. The number of nitrogens with zero attached hydrogens (tertiary/aromatic N) is 2. The number of hydrogen-bond acceptors (Lipinski definition) is 5. The Labute approximate surface area is 92.6 Å². The summed E-state index contributed by atoms with van der Waals surface area (Å²) in [5, 5.41) is 10.9. The van der Waals surface area contributed by atoms with Gasteiger partial charge in [-0.3, -0.25) is 4.98 Å². The topological polar surface area (TPSA) is 88.7 Å². The minimum Gasteiger partial charge on any atom is -0.432 e. The lowest BCUT2D eigenvalue weighted by atomic mass is 9.87. The van der Waals surface area contributed by atoms with E-state index < -0.39 is 17.4 Å². The lowest BCUT2D eigenvalue weighted by molar-refractivity contribution is -0.141. The maximum Gasteiger partial charge on any atom is 0.427 e. The van der Waals surface area contributed by atoms with E-state index in [0.29, 0.717) is 10.6 Å². The molecule has 0 unspecified atom stereocenters. The van der Waals surface area contributed by atoms with Crippen molar-refractivity contribution < 1.29 is 14.6 Å². The minimum absolute atomic E-state index is 0.585. The van der Waals surface area contributed by atoms with Crippen molar-refractivity contribution in [1.29, 1.82) is 0 Å². The van der Waals surface area contributed by atoms with Gasteiger partial charge >= 0.3 is 6.09 Å². The van der Waals surface area contributed by atoms with Gasteiger partial charge in [0.1, 0.15) is 0 Å². The molecule has 6 heteroatoms. The van der Waals surface area contributed by atoms with Gasteiger partial charge in [-0.05, 0) is 19.9 Å². The van der Waals surface area contributed by atoms with E-state index in [0.717, 1.165) is 0 Å². The minimum atomic E-state index is -1.62. The van der Waals surface area contributed by atoms with E-state index >= 15 is 0 Å². The third kappa shape index (κ3) is 1.20. The molecule has 2 heterocycles. The Morgan fingerprint density at radius 1 is 1.56 bits per heavy atom. The number of carbonyl (C=O) groups excluding carboxylic acids is 1. The first-order valence-electron chi connectivity index (χ1n) is 4.80. The number of rotatable bonds is 1. The average molecular weight is 223 g/mol. The molecule has 16 heavy (non-hydrogen) atoms. The lowest BCUT2D eigenvalue weighted by Crippen LogP contribution is -2.56. The maximum absolute atomic E-state index is 11.4. The Hall–Kier alpha value is -1.66. The van der Waals surface area contributed by atoms with Gasteiger partial charge in [-0.1, -0.05) is 6.07 Å². The predicted molar refractivity (Wildman–Crippen MR) is 54.7 cm³/mol. The SMILES string of the molecule is C[C@]1(O)N(N)C(=O)O[C@]1(C)c1cccnc1. The van der Waals surface area contributed by atoms with Crippen molar-refractivity contribution in [1.82, 2.24) is 9.99 Å². The van der Waals surface area contributed by atoms with Crippen molar-refractivity contribution in [3.05, 3.63) is 30.1 Å². The van der Waals surface area contributed by atoms with Crippen LogP contribution in [-0.4, -0.2) is 26.9 Å². The highest BCUT2D eigenvalue weighted by Gasteiger charge is 2.59. The van der Waals surface area contributed by atoms with Crippen molar-refractivity contribution in [2.24, 2.45) is 5.84 Å². The number of hydrazine groups is 1. The van der Waals surface area contributed by atoms with Gasteiger partial charge in [-0.2, -0.15) is 0 Å². The van der Waals surface area contributed by atoms with E-state index in [2.05, 4.69) is 4.98 Å². The van der Waals surface area contributed by atoms with Crippen LogP contribution < -0.4 is 5.84 Å². The van der Waals surface area contributed by atoms with Gasteiger partial charge in [0.25, 0.3) is 0 Å². The van der Waals surface area contributed by atoms with Crippen LogP contribution >= 0.6 is 0 Å². The fraction of sp³-hybridized carbons (Fsp3) is 0.400. The summed E-state index contributed by atoms with van der Waals surface area (Å²) < 4.78 is 5.13. The highest BCUT2D eigenvalue weighted by atomic mass is 16.6. The van der Waals surface area contributed by atoms with E-state index in [1.165, 1.54) is 13.1 Å². The van der Waals surface area contributed by atoms with E-state index in [4.69, 9.17) is 10.6 Å². The molecule has 2 rings (SSSR count). The number of pyridine rings is 1. The summed E-state index contributed by atoms with van der Waals surface area (Å²) in [6, 6.07) is 3.41. The molecule has 0 aromatic carbocycles. The number of amides is 1. The molecule has 86 valence electrons. The largest absolute Gasteiger partial charge is 0.432 e. The van der Waals surface area contributed by atoms with E-state index in [1.807, 2.05) is 0 Å². The molecule has 0 aliphatic carbocycles. The molecule has 1 aromatic heterocycles. The first-order chi connectivity index (χ1) is 7.39. The molecule has 0 radical (unpaired) electrons. The number of aliphatic hydroxyl groups is 1. The Balaban J connectivity index is 2.51. The molecule has 1 saturated heterocycles. The fourth-order valence-electron chi connectivity index (χ4n) is 1.71. The number of aromatic nitrogens is 1. The summed E-state index contributed by atoms with van der Waals surface area (Å²) in [6.45, 7) is 3.01. The smallest absolute Gasteiger partial charge is 0.427 e. The first kappa shape index (κ1) is 10.8. The van der Waals surface area contributed by atoms with Crippen LogP contribution in [0.2, 0.25) is 0 Å². The second-order valence-corrected chi connectivity index (χ2v) is 4.03. The number of nitrogens with two attached hydrogens (primary N) is 1. The Kier molecular flexibility index (Phi) is 2.14. The highest BCUT2D eigenvalue weighted by Crippen LogP contribution is 2.42. The second-order valence-electron chi connectivity index (χ2n) is 4.03. The van der Waals surface area contributed by atoms with Crippen molar-refractivity contribution in [2.75, 3.05) is 0 Å². The molecular formula is C10H13N3O3. The zero-order valence-corrected chi connectivity index (χ0v) is 9.04. The molecule has 3 N–H and O–H groups in total. The summed E-state index contributed by atoms with van der Waals surface area (Å²) >= 11 is 0. The summed E-state index contributed by atoms with van der Waals surface area (Å²) in [4.78, 5) is 15.3. The summed E-state index contributed by atoms with van der Waals surface area (Å²) in [6.07, 6.45) is 2.36. The van der Waals surface area contributed by atoms with E-state index in [1.54, 1.807) is 25.3 Å². The molecule has 0 bridgehead atoms. The third-order valence-corrected chi connectivity index (χ3v) is 3.07. The van der Waals surface area contributed by atoms with Gasteiger partial charge in [0.15, 0.2) is 11.3 Å². The average Bonchev–Trinajstić information content (AvgIpc) is 2.42. The number of ether oxygens (including phenoxy) is 1. The molecular weight excluding hydrogens is 210 g/mol. The molecule has 0 saturated carbocycles. The van der Waals surface area contributed by atoms with Gasteiger partial charge in [0.2, 0.25) is 0 Å². The molecule has 2 atom stereocenters. The monoisotopic (exact) mass is 223 g/mol. The number of hydrogen-bond donors (Lipinski definition) is 2. The van der Waals surface area contributed by atoms with E-state index in [-0.39, 0.29) is 0 Å². The van der Waals surface area contributed by atoms with Gasteiger partial charge < -0.3 is 9.84 Å². The fourth-order valence-corrected chi connectivity index (χ4v) is 1.71. The molecule has 1 aromatic rings. The van der Waals surface area contributed by atoms with Gasteiger partial charge in [0, 0.05) is 18.0 Å². The first-order valence-corrected chi connectivity index (χ1v) is 4.80. The van der Waals surface area contributed by atoms with Gasteiger partial charge in [-0.25, -0.2) is 15.6 Å². The number of carbonyl (C=O) groups is 1. The van der Waals surface area contributed by atoms with Crippen LogP contribution in [-0.2, 0) is 10.3 Å². The summed E-state index contributed by atoms with van der Waals surface area (Å²) in [5.74, 6) is 5.46. The molecule has 1 amide bonds.